The second-order valence-corrected chi connectivity index (χ2v) is 17.4. The van der Waals surface area contributed by atoms with Crippen LogP contribution in [0.3, 0.4) is 0 Å². The molecule has 1 aliphatic heterocycles. The summed E-state index contributed by atoms with van der Waals surface area (Å²) in [6, 6.07) is 57.5. The summed E-state index contributed by atoms with van der Waals surface area (Å²) in [7, 11) is 0. The van der Waals surface area contributed by atoms with Crippen molar-refractivity contribution in [2.45, 2.75) is 44.4 Å². The van der Waals surface area contributed by atoms with Crippen molar-refractivity contribution in [3.8, 4) is 17.3 Å². The van der Waals surface area contributed by atoms with Crippen LogP contribution in [-0.4, -0.2) is 16.2 Å². The van der Waals surface area contributed by atoms with Crippen molar-refractivity contribution in [3.05, 3.63) is 181 Å². The number of rotatable bonds is 7. The summed E-state index contributed by atoms with van der Waals surface area (Å²) in [5.41, 5.74) is 11.1. The number of ether oxygens (including phenoxy) is 1. The van der Waals surface area contributed by atoms with Crippen molar-refractivity contribution in [1.82, 2.24) is 9.55 Å². The molecular formula is C53H46N4O. The average molecular weight is 755 g/mol. The summed E-state index contributed by atoms with van der Waals surface area (Å²) >= 11 is 0. The maximum atomic E-state index is 6.77. The van der Waals surface area contributed by atoms with Crippen LogP contribution in [-0.2, 0) is 5.41 Å². The molecule has 4 bridgehead atoms. The normalized spacial score (nSPS) is 23.2. The highest BCUT2D eigenvalue weighted by Crippen LogP contribution is 2.65. The maximum Gasteiger partial charge on any atom is 0.137 e. The molecule has 5 heteroatoms. The van der Waals surface area contributed by atoms with Gasteiger partial charge in [-0.05, 0) is 141 Å². The summed E-state index contributed by atoms with van der Waals surface area (Å²) in [6.07, 6.45) is 8.87. The molecule has 3 heterocycles. The molecule has 0 atom stereocenters. The largest absolute Gasteiger partial charge is 0.457 e. The molecule has 0 amide bonds. The molecule has 5 aliphatic rings. The second kappa shape index (κ2) is 13.1. The number of para-hydroxylation sites is 3. The lowest BCUT2D eigenvalue weighted by Gasteiger charge is -2.62. The van der Waals surface area contributed by atoms with Crippen LogP contribution in [0.2, 0.25) is 0 Å². The van der Waals surface area contributed by atoms with Gasteiger partial charge in [-0.25, -0.2) is 4.98 Å². The van der Waals surface area contributed by atoms with E-state index in [1.54, 1.807) is 0 Å². The quantitative estimate of drug-likeness (QED) is 0.162. The molecule has 6 aromatic carbocycles. The standard InChI is InChI=1S/C53H46N4O/c1-35-18-20-42(21-19-35)55-34-56(50-17-8-7-16-49(50)55)43-12-9-13-44(32-43)58-45-22-23-47-46-14-5-6-15-48(46)57(51(47)33-45)52-31-39(24-25-54-52)53(38-10-3-2-4-11-38)40-27-36-26-37(29-40)30-41(53)28-36/h2-25,31-33,36-37,40-41H,26-30,34H2,1H3. The van der Waals surface area contributed by atoms with E-state index in [4.69, 9.17) is 9.72 Å². The minimum Gasteiger partial charge on any atom is -0.457 e. The van der Waals surface area contributed by atoms with Gasteiger partial charge in [0.1, 0.15) is 24.0 Å². The molecule has 284 valence electrons. The van der Waals surface area contributed by atoms with E-state index in [0.717, 1.165) is 52.5 Å². The molecule has 0 unspecified atom stereocenters. The third-order valence-corrected chi connectivity index (χ3v) is 14.2. The van der Waals surface area contributed by atoms with Gasteiger partial charge in [0, 0.05) is 45.9 Å². The number of nitrogens with zero attached hydrogens (tertiary/aromatic N) is 4. The predicted octanol–water partition coefficient (Wildman–Crippen LogP) is 13.3. The Balaban J connectivity index is 0.925. The number of hydrogen-bond donors (Lipinski definition) is 0. The zero-order chi connectivity index (χ0) is 38.4. The van der Waals surface area contributed by atoms with Crippen molar-refractivity contribution >= 4 is 44.6 Å². The molecular weight excluding hydrogens is 709 g/mol. The minimum absolute atomic E-state index is 0.0113. The molecule has 0 spiro atoms. The number of hydrogen-bond acceptors (Lipinski definition) is 4. The van der Waals surface area contributed by atoms with Crippen LogP contribution in [0.1, 0.15) is 48.8 Å². The smallest absolute Gasteiger partial charge is 0.137 e. The van der Waals surface area contributed by atoms with Gasteiger partial charge in [-0.2, -0.15) is 0 Å². The molecule has 0 N–H and O–H groups in total. The molecule has 5 nitrogen and oxygen atoms in total. The molecule has 2 aromatic heterocycles. The Morgan fingerprint density at radius 1 is 0.534 bits per heavy atom. The minimum atomic E-state index is 0.0113. The van der Waals surface area contributed by atoms with Crippen LogP contribution in [0, 0.1) is 30.6 Å². The van der Waals surface area contributed by atoms with E-state index in [-0.39, 0.29) is 5.41 Å². The van der Waals surface area contributed by atoms with Gasteiger partial charge in [0.05, 0.1) is 22.4 Å². The summed E-state index contributed by atoms with van der Waals surface area (Å²) in [4.78, 5) is 9.90. The van der Waals surface area contributed by atoms with Crippen LogP contribution in [0.5, 0.6) is 11.5 Å². The van der Waals surface area contributed by atoms with Gasteiger partial charge >= 0.3 is 0 Å². The molecule has 13 rings (SSSR count). The summed E-state index contributed by atoms with van der Waals surface area (Å²) in [6.45, 7) is 2.86. The first-order valence-corrected chi connectivity index (χ1v) is 21.1. The van der Waals surface area contributed by atoms with E-state index in [1.165, 1.54) is 76.6 Å². The monoisotopic (exact) mass is 754 g/mol. The van der Waals surface area contributed by atoms with Crippen molar-refractivity contribution in [2.75, 3.05) is 16.5 Å². The highest BCUT2D eigenvalue weighted by atomic mass is 16.5. The first-order valence-electron chi connectivity index (χ1n) is 21.1. The second-order valence-electron chi connectivity index (χ2n) is 17.4. The van der Waals surface area contributed by atoms with Gasteiger partial charge in [-0.3, -0.25) is 4.57 Å². The summed E-state index contributed by atoms with van der Waals surface area (Å²) < 4.78 is 9.14. The maximum absolute atomic E-state index is 6.77. The van der Waals surface area contributed by atoms with Crippen molar-refractivity contribution < 1.29 is 4.74 Å². The number of anilines is 4. The molecule has 0 saturated heterocycles. The number of fused-ring (bicyclic) bond motifs is 4. The van der Waals surface area contributed by atoms with E-state index in [0.29, 0.717) is 11.8 Å². The number of aryl methyl sites for hydroxylation is 1. The van der Waals surface area contributed by atoms with Crippen LogP contribution >= 0.6 is 0 Å². The number of benzene rings is 6. The fraction of sp³-hybridized carbons (Fsp3) is 0.226. The van der Waals surface area contributed by atoms with Crippen LogP contribution in [0.15, 0.2) is 164 Å². The molecule has 58 heavy (non-hydrogen) atoms. The lowest BCUT2D eigenvalue weighted by molar-refractivity contribution is -0.0418. The van der Waals surface area contributed by atoms with Crippen molar-refractivity contribution in [1.29, 1.82) is 0 Å². The van der Waals surface area contributed by atoms with Crippen LogP contribution in [0.4, 0.5) is 22.7 Å². The Labute approximate surface area is 340 Å². The zero-order valence-electron chi connectivity index (χ0n) is 32.8. The lowest BCUT2D eigenvalue weighted by atomic mass is 9.42. The van der Waals surface area contributed by atoms with Gasteiger partial charge in [-0.15, -0.1) is 0 Å². The first-order chi connectivity index (χ1) is 28.6. The molecule has 0 radical (unpaired) electrons. The summed E-state index contributed by atoms with van der Waals surface area (Å²) in [5.74, 6) is 5.67. The number of aromatic nitrogens is 2. The van der Waals surface area contributed by atoms with E-state index in [2.05, 4.69) is 185 Å². The first kappa shape index (κ1) is 33.8. The Morgan fingerprint density at radius 3 is 1.98 bits per heavy atom. The SMILES string of the molecule is Cc1ccc(N2CN(c3cccc(Oc4ccc5c6ccccc6n(-c6cc(C7(c8ccccc8)C8CC9CC(C8)CC7C9)ccn6)c5c4)c3)c3ccccc32)cc1. The fourth-order valence-electron chi connectivity index (χ4n) is 12.0. The lowest BCUT2D eigenvalue weighted by Crippen LogP contribution is -2.56. The topological polar surface area (TPSA) is 33.5 Å². The van der Waals surface area contributed by atoms with Gasteiger partial charge in [0.2, 0.25) is 0 Å². The molecule has 4 fully saturated rings. The van der Waals surface area contributed by atoms with E-state index >= 15 is 0 Å². The Hall–Kier alpha value is -6.33. The van der Waals surface area contributed by atoms with Gasteiger partial charge in [0.25, 0.3) is 0 Å². The Morgan fingerprint density at radius 2 is 1.21 bits per heavy atom. The van der Waals surface area contributed by atoms with Crippen molar-refractivity contribution in [3.63, 3.8) is 0 Å². The highest BCUT2D eigenvalue weighted by molar-refractivity contribution is 6.09. The fourth-order valence-corrected chi connectivity index (χ4v) is 12.0. The molecule has 4 aliphatic carbocycles. The molecule has 8 aromatic rings. The van der Waals surface area contributed by atoms with Crippen LogP contribution < -0.4 is 14.5 Å². The van der Waals surface area contributed by atoms with Crippen LogP contribution in [0.25, 0.3) is 27.6 Å². The van der Waals surface area contributed by atoms with Gasteiger partial charge in [0.15, 0.2) is 0 Å². The Kier molecular flexibility index (Phi) is 7.63. The van der Waals surface area contributed by atoms with Gasteiger partial charge < -0.3 is 14.5 Å². The average Bonchev–Trinajstić information content (AvgIpc) is 3.81. The predicted molar refractivity (Wildman–Crippen MR) is 236 cm³/mol. The van der Waals surface area contributed by atoms with Crippen molar-refractivity contribution in [2.24, 2.45) is 23.7 Å². The van der Waals surface area contributed by atoms with E-state index < -0.39 is 0 Å². The third kappa shape index (κ3) is 5.18. The zero-order valence-corrected chi connectivity index (χ0v) is 32.8. The third-order valence-electron chi connectivity index (χ3n) is 14.2. The summed E-state index contributed by atoms with van der Waals surface area (Å²) in [5, 5.41) is 2.41. The highest BCUT2D eigenvalue weighted by Gasteiger charge is 2.58. The van der Waals surface area contributed by atoms with E-state index in [9.17, 15) is 0 Å². The Bertz CT molecular complexity index is 2810. The van der Waals surface area contributed by atoms with E-state index in [1.807, 2.05) is 0 Å². The van der Waals surface area contributed by atoms with Gasteiger partial charge in [-0.1, -0.05) is 84.4 Å². The molecule has 4 saturated carbocycles. The number of pyridine rings is 1.